The number of hydrogen-bond donors (Lipinski definition) is 1. The van der Waals surface area contributed by atoms with Gasteiger partial charge in [-0.05, 0) is 35.9 Å². The summed E-state index contributed by atoms with van der Waals surface area (Å²) >= 11 is 0. The first kappa shape index (κ1) is 11.2. The molecule has 0 fully saturated rings. The predicted molar refractivity (Wildman–Crippen MR) is 63.0 cm³/mol. The zero-order valence-electron chi connectivity index (χ0n) is 9.09. The maximum Gasteiger partial charge on any atom is 0.335 e. The van der Waals surface area contributed by atoms with Gasteiger partial charge in [0, 0.05) is 0 Å². The van der Waals surface area contributed by atoms with Crippen molar-refractivity contribution in [3.05, 3.63) is 65.7 Å². The van der Waals surface area contributed by atoms with Crippen molar-refractivity contribution in [1.29, 1.82) is 0 Å². The maximum atomic E-state index is 10.7. The summed E-state index contributed by atoms with van der Waals surface area (Å²) in [4.78, 5) is 10.7. The van der Waals surface area contributed by atoms with E-state index in [9.17, 15) is 4.79 Å². The minimum atomic E-state index is -0.920. The molecule has 0 heterocycles. The predicted octanol–water partition coefficient (Wildman–Crippen LogP) is 2.76. The van der Waals surface area contributed by atoms with Crippen LogP contribution in [-0.2, 0) is 6.61 Å². The van der Waals surface area contributed by atoms with E-state index in [4.69, 9.17) is 9.84 Å². The number of ether oxygens (including phenoxy) is 1. The standard InChI is InChI=1S/C14H11O3/c15-14(16)12-8-6-11(7-9-12)10-17-13-4-2-1-3-5-13/h2-9H,10H2,(H,15,16). The van der Waals surface area contributed by atoms with Crippen LogP contribution in [0.4, 0.5) is 0 Å². The van der Waals surface area contributed by atoms with E-state index in [1.807, 2.05) is 12.1 Å². The molecule has 0 aliphatic carbocycles. The molecule has 0 aliphatic heterocycles. The van der Waals surface area contributed by atoms with Gasteiger partial charge in [-0.3, -0.25) is 0 Å². The zero-order valence-corrected chi connectivity index (χ0v) is 9.09. The molecule has 2 aromatic carbocycles. The van der Waals surface area contributed by atoms with Gasteiger partial charge in [-0.15, -0.1) is 0 Å². The van der Waals surface area contributed by atoms with E-state index in [1.54, 1.807) is 36.4 Å². The Hall–Kier alpha value is -2.29. The Morgan fingerprint density at radius 2 is 1.76 bits per heavy atom. The fraction of sp³-hybridized carbons (Fsp3) is 0.0714. The van der Waals surface area contributed by atoms with E-state index < -0.39 is 5.97 Å². The molecule has 0 aromatic heterocycles. The Morgan fingerprint density at radius 3 is 2.35 bits per heavy atom. The van der Waals surface area contributed by atoms with Crippen molar-refractivity contribution in [1.82, 2.24) is 0 Å². The van der Waals surface area contributed by atoms with Crippen molar-refractivity contribution in [2.24, 2.45) is 0 Å². The Bertz CT molecular complexity index is 489. The fourth-order valence-electron chi connectivity index (χ4n) is 1.38. The van der Waals surface area contributed by atoms with Crippen LogP contribution in [0.15, 0.2) is 48.5 Å². The van der Waals surface area contributed by atoms with Crippen molar-refractivity contribution in [2.45, 2.75) is 6.61 Å². The molecule has 3 nitrogen and oxygen atoms in total. The molecule has 0 bridgehead atoms. The SMILES string of the molecule is O=C(O)c1ccc(COc2cc[c]cc2)cc1. The van der Waals surface area contributed by atoms with E-state index in [-0.39, 0.29) is 5.56 Å². The van der Waals surface area contributed by atoms with E-state index >= 15 is 0 Å². The second kappa shape index (κ2) is 5.16. The minimum absolute atomic E-state index is 0.281. The first-order valence-corrected chi connectivity index (χ1v) is 5.17. The maximum absolute atomic E-state index is 10.7. The summed E-state index contributed by atoms with van der Waals surface area (Å²) in [7, 11) is 0. The Morgan fingerprint density at radius 1 is 1.12 bits per heavy atom. The van der Waals surface area contributed by atoms with Crippen LogP contribution in [0.2, 0.25) is 0 Å². The lowest BCUT2D eigenvalue weighted by atomic mass is 10.1. The van der Waals surface area contributed by atoms with Gasteiger partial charge >= 0.3 is 5.97 Å². The van der Waals surface area contributed by atoms with Crippen molar-refractivity contribution < 1.29 is 14.6 Å². The molecule has 17 heavy (non-hydrogen) atoms. The lowest BCUT2D eigenvalue weighted by molar-refractivity contribution is 0.0697. The highest BCUT2D eigenvalue weighted by Gasteiger charge is 2.01. The molecule has 0 atom stereocenters. The van der Waals surface area contributed by atoms with Crippen LogP contribution in [0.3, 0.4) is 0 Å². The number of hydrogen-bond acceptors (Lipinski definition) is 2. The van der Waals surface area contributed by atoms with Gasteiger partial charge in [0.2, 0.25) is 0 Å². The van der Waals surface area contributed by atoms with E-state index in [1.165, 1.54) is 0 Å². The van der Waals surface area contributed by atoms with Crippen molar-refractivity contribution in [3.8, 4) is 5.75 Å². The summed E-state index contributed by atoms with van der Waals surface area (Å²) in [6.45, 7) is 0.421. The topological polar surface area (TPSA) is 46.5 Å². The number of carboxylic acids is 1. The van der Waals surface area contributed by atoms with Crippen molar-refractivity contribution in [3.63, 3.8) is 0 Å². The molecule has 1 radical (unpaired) electrons. The molecule has 85 valence electrons. The second-order valence-electron chi connectivity index (χ2n) is 3.53. The lowest BCUT2D eigenvalue weighted by Crippen LogP contribution is -1.98. The zero-order chi connectivity index (χ0) is 12.1. The Balaban J connectivity index is 1.98. The summed E-state index contributed by atoms with van der Waals surface area (Å²) < 4.78 is 5.52. The smallest absolute Gasteiger partial charge is 0.335 e. The third-order valence-corrected chi connectivity index (χ3v) is 2.29. The first-order chi connectivity index (χ1) is 8.25. The summed E-state index contributed by atoms with van der Waals surface area (Å²) in [6, 6.07) is 16.8. The Labute approximate surface area is 99.3 Å². The summed E-state index contributed by atoms with van der Waals surface area (Å²) in [5, 5.41) is 8.75. The second-order valence-corrected chi connectivity index (χ2v) is 3.53. The van der Waals surface area contributed by atoms with Gasteiger partial charge in [0.05, 0.1) is 5.56 Å². The fourth-order valence-corrected chi connectivity index (χ4v) is 1.38. The van der Waals surface area contributed by atoms with Crippen LogP contribution in [0.25, 0.3) is 0 Å². The van der Waals surface area contributed by atoms with Crippen LogP contribution in [0.1, 0.15) is 15.9 Å². The Kier molecular flexibility index (Phi) is 3.40. The van der Waals surface area contributed by atoms with Crippen LogP contribution in [0, 0.1) is 6.07 Å². The number of benzene rings is 2. The molecule has 2 aromatic rings. The van der Waals surface area contributed by atoms with E-state index in [2.05, 4.69) is 6.07 Å². The largest absolute Gasteiger partial charge is 0.489 e. The van der Waals surface area contributed by atoms with Gasteiger partial charge in [0.25, 0.3) is 0 Å². The highest BCUT2D eigenvalue weighted by Crippen LogP contribution is 2.12. The molecule has 0 saturated carbocycles. The molecule has 0 unspecified atom stereocenters. The van der Waals surface area contributed by atoms with Crippen LogP contribution >= 0.6 is 0 Å². The van der Waals surface area contributed by atoms with Crippen LogP contribution < -0.4 is 4.74 Å². The lowest BCUT2D eigenvalue weighted by Gasteiger charge is -2.05. The van der Waals surface area contributed by atoms with Gasteiger partial charge in [-0.25, -0.2) is 4.79 Å². The van der Waals surface area contributed by atoms with Gasteiger partial charge in [0.1, 0.15) is 12.4 Å². The molecule has 0 saturated heterocycles. The highest BCUT2D eigenvalue weighted by atomic mass is 16.5. The third kappa shape index (κ3) is 3.08. The normalized spacial score (nSPS) is 9.88. The third-order valence-electron chi connectivity index (χ3n) is 2.29. The highest BCUT2D eigenvalue weighted by molar-refractivity contribution is 5.87. The molecule has 0 aliphatic rings. The van der Waals surface area contributed by atoms with Gasteiger partial charge in [-0.1, -0.05) is 24.3 Å². The summed E-state index contributed by atoms with van der Waals surface area (Å²) in [6.07, 6.45) is 0. The van der Waals surface area contributed by atoms with Gasteiger partial charge < -0.3 is 9.84 Å². The average molecular weight is 227 g/mol. The van der Waals surface area contributed by atoms with Crippen molar-refractivity contribution >= 4 is 5.97 Å². The van der Waals surface area contributed by atoms with Gasteiger partial charge in [-0.2, -0.15) is 0 Å². The first-order valence-electron chi connectivity index (χ1n) is 5.17. The summed E-state index contributed by atoms with van der Waals surface area (Å²) in [5.74, 6) is -0.151. The van der Waals surface area contributed by atoms with Crippen LogP contribution in [0.5, 0.6) is 5.75 Å². The molecule has 2 rings (SSSR count). The number of carboxylic acid groups (broad SMARTS) is 1. The monoisotopic (exact) mass is 227 g/mol. The van der Waals surface area contributed by atoms with E-state index in [0.717, 1.165) is 11.3 Å². The van der Waals surface area contributed by atoms with E-state index in [0.29, 0.717) is 6.61 Å². The molecule has 0 amide bonds. The molecular weight excluding hydrogens is 216 g/mol. The summed E-state index contributed by atoms with van der Waals surface area (Å²) in [5.41, 5.74) is 1.21. The number of aromatic carboxylic acids is 1. The average Bonchev–Trinajstić information content (AvgIpc) is 2.38. The molecular formula is C14H11O3. The van der Waals surface area contributed by atoms with Crippen molar-refractivity contribution in [2.75, 3.05) is 0 Å². The molecule has 1 N–H and O–H groups in total. The molecule has 0 spiro atoms. The minimum Gasteiger partial charge on any atom is -0.489 e. The van der Waals surface area contributed by atoms with Crippen LogP contribution in [-0.4, -0.2) is 11.1 Å². The van der Waals surface area contributed by atoms with Gasteiger partial charge in [0.15, 0.2) is 0 Å². The molecule has 3 heteroatoms. The number of carbonyl (C=O) groups is 1. The number of rotatable bonds is 4. The quantitative estimate of drug-likeness (QED) is 0.873.